The minimum absolute atomic E-state index is 0. The van der Waals surface area contributed by atoms with Crippen molar-refractivity contribution in [3.05, 3.63) is 126 Å². The van der Waals surface area contributed by atoms with Crippen LogP contribution in [0, 0.1) is 11.3 Å². The van der Waals surface area contributed by atoms with Crippen LogP contribution in [-0.4, -0.2) is 52.4 Å². The maximum atomic E-state index is 9.75. The summed E-state index contributed by atoms with van der Waals surface area (Å²) in [6, 6.07) is 30.7. The molecule has 17 heteroatoms. The van der Waals surface area contributed by atoms with Crippen molar-refractivity contribution in [3.63, 3.8) is 0 Å². The molecule has 0 bridgehead atoms. The van der Waals surface area contributed by atoms with Crippen LogP contribution in [0.2, 0.25) is 0 Å². The summed E-state index contributed by atoms with van der Waals surface area (Å²) in [6.45, 7) is 6.55. The number of hydrogen-bond acceptors (Lipinski definition) is 6. The molecule has 1 aromatic carbocycles. The zero-order chi connectivity index (χ0) is 33.6. The second-order valence-corrected chi connectivity index (χ2v) is 9.08. The molecule has 6 nitrogen and oxygen atoms in total. The Morgan fingerprint density at radius 3 is 1.11 bits per heavy atom. The number of nitrogens with zero attached hydrogens (tertiary/aromatic N) is 6. The van der Waals surface area contributed by atoms with E-state index >= 15 is 0 Å². The first-order valence-corrected chi connectivity index (χ1v) is 13.5. The fourth-order valence-electron chi connectivity index (χ4n) is 3.71. The molecule has 0 saturated heterocycles. The van der Waals surface area contributed by atoms with E-state index in [9.17, 15) is 34.5 Å². The van der Waals surface area contributed by atoms with Crippen molar-refractivity contribution in [2.24, 2.45) is 0 Å². The predicted molar refractivity (Wildman–Crippen MR) is 159 cm³/mol. The molecule has 0 atom stereocenters. The summed E-state index contributed by atoms with van der Waals surface area (Å²) in [7, 11) is -12.0. The summed E-state index contributed by atoms with van der Waals surface area (Å²) in [6.07, 6.45) is 5.58. The molecule has 0 aliphatic carbocycles. The molecule has 46 heavy (non-hydrogen) atoms. The maximum Gasteiger partial charge on any atom is 2.00 e. The summed E-state index contributed by atoms with van der Waals surface area (Å²) in [5.74, 6) is 0. The standard InChI is InChI=1S/C27H29N5.C2H3N.2BF4.Co/c1-2-10-24(11-3-1)20-31(21-25-12-4-7-15-28-25)18-19-32(22-26-13-5-8-16-29-26)23-27-14-6-9-17-30-27;1-2-3;2*2-1(3,4)5;/h1-17H,18-23H2;1H3;;;/q;;2*-1;+2. The van der Waals surface area contributed by atoms with Crippen LogP contribution in [-0.2, 0) is 43.0 Å². The molecule has 249 valence electrons. The molecule has 3 aromatic heterocycles. The van der Waals surface area contributed by atoms with E-state index in [0.717, 1.165) is 56.4 Å². The normalized spacial score (nSPS) is 10.6. The molecular formula is C29H32B2CoF8N6. The second kappa shape index (κ2) is 23.5. The van der Waals surface area contributed by atoms with Crippen molar-refractivity contribution in [1.29, 1.82) is 5.26 Å². The molecule has 0 aliphatic heterocycles. The molecule has 0 amide bonds. The Hall–Kier alpha value is -3.84. The Labute approximate surface area is 273 Å². The quantitative estimate of drug-likeness (QED) is 0.118. The molecule has 4 aromatic rings. The van der Waals surface area contributed by atoms with E-state index in [1.165, 1.54) is 12.5 Å². The summed E-state index contributed by atoms with van der Waals surface area (Å²) in [5.41, 5.74) is 4.54. The number of nitriles is 1. The molecule has 1 radical (unpaired) electrons. The first-order valence-electron chi connectivity index (χ1n) is 13.5. The predicted octanol–water partition coefficient (Wildman–Crippen LogP) is 7.70. The SMILES string of the molecule is CC#N.F[B-](F)(F)F.F[B-](F)(F)F.[Co+2].c1ccc(CN(CCN(Cc2ccccn2)Cc2ccccn2)Cc2ccccn2)cc1. The number of aromatic nitrogens is 3. The Bertz CT molecular complexity index is 1140. The number of hydrogen-bond donors (Lipinski definition) is 0. The Morgan fingerprint density at radius 1 is 0.543 bits per heavy atom. The van der Waals surface area contributed by atoms with Gasteiger partial charge in [-0.2, -0.15) is 5.26 Å². The van der Waals surface area contributed by atoms with Crippen molar-refractivity contribution in [2.75, 3.05) is 13.1 Å². The van der Waals surface area contributed by atoms with Crippen LogP contribution in [0.5, 0.6) is 0 Å². The van der Waals surface area contributed by atoms with Gasteiger partial charge < -0.3 is 34.5 Å². The van der Waals surface area contributed by atoms with Gasteiger partial charge in [-0.15, -0.1) is 0 Å². The smallest absolute Gasteiger partial charge is 0.418 e. The molecule has 4 rings (SSSR count). The van der Waals surface area contributed by atoms with Gasteiger partial charge in [0.05, 0.1) is 23.2 Å². The van der Waals surface area contributed by atoms with E-state index in [1.807, 2.05) is 48.9 Å². The van der Waals surface area contributed by atoms with Gasteiger partial charge in [-0.1, -0.05) is 48.5 Å². The third-order valence-corrected chi connectivity index (χ3v) is 5.32. The van der Waals surface area contributed by atoms with Gasteiger partial charge >= 0.3 is 31.3 Å². The van der Waals surface area contributed by atoms with Crippen LogP contribution in [0.3, 0.4) is 0 Å². The van der Waals surface area contributed by atoms with Crippen LogP contribution in [0.4, 0.5) is 34.5 Å². The third kappa shape index (κ3) is 25.5. The molecule has 0 aliphatic rings. The molecule has 0 unspecified atom stereocenters. The van der Waals surface area contributed by atoms with Gasteiger partial charge in [-0.25, -0.2) is 0 Å². The van der Waals surface area contributed by atoms with E-state index in [1.54, 1.807) is 6.07 Å². The van der Waals surface area contributed by atoms with Crippen molar-refractivity contribution >= 4 is 14.5 Å². The van der Waals surface area contributed by atoms with Crippen LogP contribution >= 0.6 is 0 Å². The Kier molecular flexibility index (Phi) is 21.5. The van der Waals surface area contributed by atoms with E-state index in [0.29, 0.717) is 0 Å². The monoisotopic (exact) mass is 697 g/mol. The molecular weight excluding hydrogens is 665 g/mol. The summed E-state index contributed by atoms with van der Waals surface area (Å²) < 4.78 is 78.0. The third-order valence-electron chi connectivity index (χ3n) is 5.32. The Morgan fingerprint density at radius 2 is 0.826 bits per heavy atom. The van der Waals surface area contributed by atoms with Gasteiger partial charge in [0.1, 0.15) is 0 Å². The molecule has 0 fully saturated rings. The van der Waals surface area contributed by atoms with Crippen LogP contribution in [0.1, 0.15) is 29.6 Å². The van der Waals surface area contributed by atoms with Gasteiger partial charge in [0.2, 0.25) is 0 Å². The largest absolute Gasteiger partial charge is 2.00 e. The Balaban J connectivity index is 0.00000123. The van der Waals surface area contributed by atoms with Crippen molar-refractivity contribution in [1.82, 2.24) is 24.8 Å². The van der Waals surface area contributed by atoms with E-state index in [-0.39, 0.29) is 16.8 Å². The van der Waals surface area contributed by atoms with Gasteiger partial charge in [0.25, 0.3) is 0 Å². The van der Waals surface area contributed by atoms with Gasteiger partial charge in [-0.3, -0.25) is 24.8 Å². The zero-order valence-electron chi connectivity index (χ0n) is 24.8. The summed E-state index contributed by atoms with van der Waals surface area (Å²) in [5, 5.41) is 7.32. The second-order valence-electron chi connectivity index (χ2n) is 9.08. The zero-order valence-corrected chi connectivity index (χ0v) is 25.8. The summed E-state index contributed by atoms with van der Waals surface area (Å²) in [4.78, 5) is 18.5. The molecule has 3 heterocycles. The fourth-order valence-corrected chi connectivity index (χ4v) is 3.71. The minimum Gasteiger partial charge on any atom is -0.418 e. The van der Waals surface area contributed by atoms with E-state index < -0.39 is 14.5 Å². The van der Waals surface area contributed by atoms with Crippen molar-refractivity contribution in [2.45, 2.75) is 33.1 Å². The fraction of sp³-hybridized carbons (Fsp3) is 0.241. The number of pyridine rings is 3. The molecule has 0 N–H and O–H groups in total. The number of halogens is 8. The topological polar surface area (TPSA) is 68.9 Å². The maximum absolute atomic E-state index is 9.75. The van der Waals surface area contributed by atoms with Crippen LogP contribution in [0.25, 0.3) is 0 Å². The molecule has 0 spiro atoms. The van der Waals surface area contributed by atoms with Gasteiger partial charge in [-0.05, 0) is 42.0 Å². The van der Waals surface area contributed by atoms with E-state index in [4.69, 9.17) is 5.26 Å². The van der Waals surface area contributed by atoms with Gasteiger partial charge in [0.15, 0.2) is 0 Å². The average molecular weight is 697 g/mol. The summed E-state index contributed by atoms with van der Waals surface area (Å²) >= 11 is 0. The average Bonchev–Trinajstić information content (AvgIpc) is 2.97. The van der Waals surface area contributed by atoms with Crippen molar-refractivity contribution in [3.8, 4) is 6.07 Å². The van der Waals surface area contributed by atoms with Crippen molar-refractivity contribution < 1.29 is 51.3 Å². The minimum atomic E-state index is -6.00. The molecule has 0 saturated carbocycles. The van der Waals surface area contributed by atoms with Crippen LogP contribution < -0.4 is 0 Å². The first-order chi connectivity index (χ1) is 21.3. The van der Waals surface area contributed by atoms with Gasteiger partial charge in [0, 0.05) is 64.8 Å². The van der Waals surface area contributed by atoms with E-state index in [2.05, 4.69) is 79.3 Å². The first kappa shape index (κ1) is 42.2. The number of rotatable bonds is 11. The van der Waals surface area contributed by atoms with Crippen LogP contribution in [0.15, 0.2) is 104 Å². The number of benzene rings is 1.